The van der Waals surface area contributed by atoms with Gasteiger partial charge < -0.3 is 10.1 Å². The van der Waals surface area contributed by atoms with Gasteiger partial charge in [-0.1, -0.05) is 12.1 Å². The predicted octanol–water partition coefficient (Wildman–Crippen LogP) is 2.25. The summed E-state index contributed by atoms with van der Waals surface area (Å²) in [5.74, 6) is 0.769. The van der Waals surface area contributed by atoms with Gasteiger partial charge in [-0.25, -0.2) is 4.68 Å². The van der Waals surface area contributed by atoms with E-state index in [9.17, 15) is 0 Å². The van der Waals surface area contributed by atoms with Gasteiger partial charge in [-0.3, -0.25) is 0 Å². The first-order valence-electron chi connectivity index (χ1n) is 7.27. The van der Waals surface area contributed by atoms with Crippen LogP contribution in [-0.2, 0) is 11.8 Å². The van der Waals surface area contributed by atoms with Gasteiger partial charge >= 0.3 is 0 Å². The molecule has 6 nitrogen and oxygen atoms in total. The number of aromatic nitrogens is 4. The van der Waals surface area contributed by atoms with Crippen molar-refractivity contribution in [3.05, 3.63) is 24.3 Å². The Hall–Kier alpha value is -1.95. The first kappa shape index (κ1) is 14.0. The molecule has 6 heteroatoms. The van der Waals surface area contributed by atoms with Crippen LogP contribution in [0.3, 0.4) is 0 Å². The van der Waals surface area contributed by atoms with Crippen molar-refractivity contribution in [2.45, 2.75) is 38.3 Å². The molecule has 1 aromatic carbocycles. The van der Waals surface area contributed by atoms with Crippen molar-refractivity contribution in [2.24, 2.45) is 7.05 Å². The number of ether oxygens (including phenoxy) is 1. The van der Waals surface area contributed by atoms with E-state index in [-0.39, 0.29) is 5.60 Å². The van der Waals surface area contributed by atoms with E-state index in [2.05, 4.69) is 46.8 Å². The highest BCUT2D eigenvalue weighted by atomic mass is 16.5. The first-order valence-corrected chi connectivity index (χ1v) is 7.27. The van der Waals surface area contributed by atoms with E-state index in [4.69, 9.17) is 4.74 Å². The van der Waals surface area contributed by atoms with Crippen LogP contribution in [-0.4, -0.2) is 38.5 Å². The third-order valence-corrected chi connectivity index (χ3v) is 3.81. The Morgan fingerprint density at radius 1 is 1.38 bits per heavy atom. The summed E-state index contributed by atoms with van der Waals surface area (Å²) in [4.78, 5) is 0. The molecular weight excluding hydrogens is 266 g/mol. The van der Waals surface area contributed by atoms with Crippen LogP contribution in [0.4, 0.5) is 5.69 Å². The predicted molar refractivity (Wildman–Crippen MR) is 80.9 cm³/mol. The van der Waals surface area contributed by atoms with Crippen molar-refractivity contribution < 1.29 is 4.74 Å². The molecule has 0 aliphatic carbocycles. The highest BCUT2D eigenvalue weighted by Gasteiger charge is 2.28. The van der Waals surface area contributed by atoms with Gasteiger partial charge in [0.05, 0.1) is 5.60 Å². The number of benzene rings is 1. The van der Waals surface area contributed by atoms with E-state index in [1.807, 2.05) is 19.2 Å². The number of hydrogen-bond donors (Lipinski definition) is 1. The van der Waals surface area contributed by atoms with E-state index < -0.39 is 0 Å². The molecule has 0 amide bonds. The summed E-state index contributed by atoms with van der Waals surface area (Å²) in [6, 6.07) is 8.65. The van der Waals surface area contributed by atoms with Crippen molar-refractivity contribution in [1.29, 1.82) is 0 Å². The zero-order valence-electron chi connectivity index (χ0n) is 12.7. The quantitative estimate of drug-likeness (QED) is 0.938. The topological polar surface area (TPSA) is 64.9 Å². The Labute approximate surface area is 124 Å². The van der Waals surface area contributed by atoms with E-state index in [1.54, 1.807) is 4.68 Å². The molecule has 0 saturated carbocycles. The van der Waals surface area contributed by atoms with Gasteiger partial charge in [0.25, 0.3) is 0 Å². The zero-order valence-corrected chi connectivity index (χ0v) is 12.7. The molecule has 1 N–H and O–H groups in total. The molecule has 1 aliphatic heterocycles. The van der Waals surface area contributed by atoms with Crippen LogP contribution in [0.15, 0.2) is 24.3 Å². The number of anilines is 1. The molecule has 112 valence electrons. The van der Waals surface area contributed by atoms with E-state index >= 15 is 0 Å². The minimum Gasteiger partial charge on any atom is -0.382 e. The van der Waals surface area contributed by atoms with Gasteiger partial charge in [-0.05, 0) is 49.2 Å². The maximum atomic E-state index is 5.76. The second kappa shape index (κ2) is 5.44. The van der Waals surface area contributed by atoms with Crippen LogP contribution in [0.25, 0.3) is 11.4 Å². The molecule has 1 aliphatic rings. The van der Waals surface area contributed by atoms with Crippen LogP contribution in [0.2, 0.25) is 0 Å². The van der Waals surface area contributed by atoms with Crippen LogP contribution in [0.5, 0.6) is 0 Å². The number of hydrogen-bond acceptors (Lipinski definition) is 5. The summed E-state index contributed by atoms with van der Waals surface area (Å²) in [5, 5.41) is 15.2. The summed E-state index contributed by atoms with van der Waals surface area (Å²) in [5.41, 5.74) is 2.05. The molecule has 3 rings (SSSR count). The van der Waals surface area contributed by atoms with Crippen molar-refractivity contribution >= 4 is 5.69 Å². The largest absolute Gasteiger partial charge is 0.382 e. The Balaban J connectivity index is 1.76. The van der Waals surface area contributed by atoms with Crippen LogP contribution in [0.1, 0.15) is 26.7 Å². The van der Waals surface area contributed by atoms with Crippen molar-refractivity contribution in [3.63, 3.8) is 0 Å². The Bertz CT molecular complexity index is 622. The molecule has 1 aromatic heterocycles. The molecule has 1 fully saturated rings. The average molecular weight is 287 g/mol. The Morgan fingerprint density at radius 2 is 2.24 bits per heavy atom. The average Bonchev–Trinajstić information content (AvgIpc) is 2.84. The lowest BCUT2D eigenvalue weighted by atomic mass is 9.94. The number of nitrogens with one attached hydrogen (secondary N) is 1. The fourth-order valence-electron chi connectivity index (χ4n) is 2.81. The molecule has 2 aromatic rings. The van der Waals surface area contributed by atoms with Crippen LogP contribution >= 0.6 is 0 Å². The minimum absolute atomic E-state index is 0.0545. The monoisotopic (exact) mass is 287 g/mol. The van der Waals surface area contributed by atoms with E-state index in [0.29, 0.717) is 6.04 Å². The van der Waals surface area contributed by atoms with Gasteiger partial charge in [-0.2, -0.15) is 0 Å². The molecule has 1 unspecified atom stereocenters. The summed E-state index contributed by atoms with van der Waals surface area (Å²) >= 11 is 0. The molecule has 0 radical (unpaired) electrons. The number of nitrogens with zero attached hydrogens (tertiary/aromatic N) is 4. The lowest BCUT2D eigenvalue weighted by Gasteiger charge is -2.36. The third-order valence-electron chi connectivity index (χ3n) is 3.81. The molecule has 1 atom stereocenters. The lowest BCUT2D eigenvalue weighted by Crippen LogP contribution is -2.40. The van der Waals surface area contributed by atoms with Crippen molar-refractivity contribution in [1.82, 2.24) is 20.2 Å². The maximum absolute atomic E-state index is 5.76. The van der Waals surface area contributed by atoms with Crippen molar-refractivity contribution in [2.75, 3.05) is 11.9 Å². The molecular formula is C15H21N5O. The molecule has 0 bridgehead atoms. The summed E-state index contributed by atoms with van der Waals surface area (Å²) in [7, 11) is 1.84. The molecule has 1 saturated heterocycles. The fraction of sp³-hybridized carbons (Fsp3) is 0.533. The first-order chi connectivity index (χ1) is 10.0. The second-order valence-electron chi connectivity index (χ2n) is 6.15. The summed E-state index contributed by atoms with van der Waals surface area (Å²) < 4.78 is 7.44. The Kier molecular flexibility index (Phi) is 3.63. The van der Waals surface area contributed by atoms with Crippen LogP contribution < -0.4 is 5.32 Å². The summed E-state index contributed by atoms with van der Waals surface area (Å²) in [6.07, 6.45) is 2.03. The fourth-order valence-corrected chi connectivity index (χ4v) is 2.81. The standard InChI is InChI=1S/C15H21N5O/c1-15(2)10-13(7-8-21-15)16-12-6-4-5-11(9-12)14-17-18-19-20(14)3/h4-6,9,13,16H,7-8,10H2,1-3H3. The van der Waals surface area contributed by atoms with Crippen molar-refractivity contribution in [3.8, 4) is 11.4 Å². The number of aryl methyl sites for hydroxylation is 1. The third kappa shape index (κ3) is 3.21. The molecule has 0 spiro atoms. The van der Waals surface area contributed by atoms with Gasteiger partial charge in [-0.15, -0.1) is 5.10 Å². The lowest BCUT2D eigenvalue weighted by molar-refractivity contribution is -0.0553. The zero-order chi connectivity index (χ0) is 14.9. The van der Waals surface area contributed by atoms with E-state index in [1.165, 1.54) is 0 Å². The van der Waals surface area contributed by atoms with Gasteiger partial charge in [0.1, 0.15) is 0 Å². The molecule has 2 heterocycles. The Morgan fingerprint density at radius 3 is 2.95 bits per heavy atom. The van der Waals surface area contributed by atoms with E-state index in [0.717, 1.165) is 36.5 Å². The maximum Gasteiger partial charge on any atom is 0.181 e. The molecule has 21 heavy (non-hydrogen) atoms. The number of rotatable bonds is 3. The number of tetrazole rings is 1. The SMILES string of the molecule is Cn1nnnc1-c1cccc(NC2CCOC(C)(C)C2)c1. The smallest absolute Gasteiger partial charge is 0.181 e. The highest BCUT2D eigenvalue weighted by molar-refractivity contribution is 5.62. The van der Waals surface area contributed by atoms with Gasteiger partial charge in [0, 0.05) is 30.9 Å². The van der Waals surface area contributed by atoms with Gasteiger partial charge in [0.15, 0.2) is 5.82 Å². The van der Waals surface area contributed by atoms with Crippen LogP contribution in [0, 0.1) is 0 Å². The minimum atomic E-state index is -0.0545. The van der Waals surface area contributed by atoms with Gasteiger partial charge in [0.2, 0.25) is 0 Å². The second-order valence-corrected chi connectivity index (χ2v) is 6.15. The normalized spacial score (nSPS) is 21.2. The highest BCUT2D eigenvalue weighted by Crippen LogP contribution is 2.27. The summed E-state index contributed by atoms with van der Waals surface area (Å²) in [6.45, 7) is 5.09.